The lowest BCUT2D eigenvalue weighted by Crippen LogP contribution is -2.33. The summed E-state index contributed by atoms with van der Waals surface area (Å²) in [6.45, 7) is 0. The molecule has 0 aliphatic rings. The Hall–Kier alpha value is -1.98. The fraction of sp³-hybridized carbons (Fsp3) is 0.125. The summed E-state index contributed by atoms with van der Waals surface area (Å²) in [5.41, 5.74) is 0.423. The highest BCUT2D eigenvalue weighted by Crippen LogP contribution is 2.19. The predicted molar refractivity (Wildman–Crippen MR) is 46.1 cm³/mol. The van der Waals surface area contributed by atoms with Gasteiger partial charge in [-0.1, -0.05) is 4.68 Å². The van der Waals surface area contributed by atoms with E-state index in [9.17, 15) is 14.5 Å². The number of aromatic amines is 1. The minimum atomic E-state index is -0.550. The van der Waals surface area contributed by atoms with Gasteiger partial charge in [-0.05, 0) is 6.07 Å². The maximum absolute atomic E-state index is 13.3. The summed E-state index contributed by atoms with van der Waals surface area (Å²) < 4.78 is 14.5. The van der Waals surface area contributed by atoms with Crippen molar-refractivity contribution in [2.24, 2.45) is 7.05 Å². The minimum Gasteiger partial charge on any atom is -0.258 e. The van der Waals surface area contributed by atoms with E-state index in [0.717, 1.165) is 0 Å². The summed E-state index contributed by atoms with van der Waals surface area (Å²) in [5.74, 6) is -0.510. The molecule has 14 heavy (non-hydrogen) atoms. The molecule has 2 aromatic rings. The number of halogens is 1. The number of nitro groups is 1. The number of benzene rings is 1. The van der Waals surface area contributed by atoms with E-state index in [1.807, 2.05) is 0 Å². The first-order chi connectivity index (χ1) is 6.59. The number of nitrogens with zero attached hydrogens (tertiary/aromatic N) is 2. The third-order valence-electron chi connectivity index (χ3n) is 2.02. The van der Waals surface area contributed by atoms with Gasteiger partial charge in [0.2, 0.25) is 0 Å². The highest BCUT2D eigenvalue weighted by Gasteiger charge is 2.18. The normalized spacial score (nSPS) is 10.7. The van der Waals surface area contributed by atoms with Crippen LogP contribution in [0.2, 0.25) is 0 Å². The Morgan fingerprint density at radius 3 is 2.93 bits per heavy atom. The molecule has 2 rings (SSSR count). The first-order valence-corrected chi connectivity index (χ1v) is 3.91. The van der Waals surface area contributed by atoms with Gasteiger partial charge in [0.1, 0.15) is 10.9 Å². The van der Waals surface area contributed by atoms with Gasteiger partial charge in [0.15, 0.2) is 7.05 Å². The number of hydrogen-bond donors (Lipinski definition) is 1. The largest absolute Gasteiger partial charge is 0.392 e. The fourth-order valence-electron chi connectivity index (χ4n) is 1.32. The lowest BCUT2D eigenvalue weighted by atomic mass is 10.2. The van der Waals surface area contributed by atoms with Crippen LogP contribution in [0.25, 0.3) is 10.9 Å². The van der Waals surface area contributed by atoms with Crippen molar-refractivity contribution in [3.8, 4) is 0 Å². The molecular formula is C8H7FN3O2+. The molecule has 0 fully saturated rings. The van der Waals surface area contributed by atoms with Crippen LogP contribution in [0.5, 0.6) is 0 Å². The van der Waals surface area contributed by atoms with Crippen LogP contribution in [-0.2, 0) is 7.05 Å². The van der Waals surface area contributed by atoms with E-state index in [-0.39, 0.29) is 11.1 Å². The van der Waals surface area contributed by atoms with Gasteiger partial charge in [0, 0.05) is 12.1 Å². The van der Waals surface area contributed by atoms with Crippen molar-refractivity contribution >= 4 is 16.6 Å². The van der Waals surface area contributed by atoms with Gasteiger partial charge in [0.05, 0.1) is 4.92 Å². The molecule has 0 unspecified atom stereocenters. The molecule has 0 bridgehead atoms. The molecule has 5 nitrogen and oxygen atoms in total. The van der Waals surface area contributed by atoms with Gasteiger partial charge in [-0.3, -0.25) is 10.1 Å². The standard InChI is InChI=1S/C8H6FN3O2/c1-11-8(9)6-4-5(12(13)14)2-3-7(6)10-11/h2-4H,1H3/p+1. The van der Waals surface area contributed by atoms with E-state index in [1.165, 1.54) is 29.9 Å². The summed E-state index contributed by atoms with van der Waals surface area (Å²) in [5, 5.41) is 13.4. The number of fused-ring (bicyclic) bond motifs is 1. The van der Waals surface area contributed by atoms with E-state index in [0.29, 0.717) is 5.52 Å². The Bertz CT molecular complexity index is 521. The zero-order valence-electron chi connectivity index (χ0n) is 7.32. The van der Waals surface area contributed by atoms with E-state index < -0.39 is 10.9 Å². The Labute approximate surface area is 77.9 Å². The van der Waals surface area contributed by atoms with Crippen molar-refractivity contribution in [3.63, 3.8) is 0 Å². The van der Waals surface area contributed by atoms with Gasteiger partial charge >= 0.3 is 5.95 Å². The SMILES string of the molecule is C[n+]1[nH]c2ccc([N+](=O)[O-])cc2c1F. The lowest BCUT2D eigenvalue weighted by molar-refractivity contribution is -0.750. The third kappa shape index (κ3) is 1.12. The number of H-pyrrole nitrogens is 1. The van der Waals surface area contributed by atoms with Crippen molar-refractivity contribution in [2.75, 3.05) is 0 Å². The van der Waals surface area contributed by atoms with Crippen LogP contribution in [0.3, 0.4) is 0 Å². The molecule has 0 aliphatic carbocycles. The average Bonchev–Trinajstić information content (AvgIpc) is 2.43. The maximum atomic E-state index is 13.3. The first kappa shape index (κ1) is 8.61. The van der Waals surface area contributed by atoms with Gasteiger partial charge < -0.3 is 0 Å². The van der Waals surface area contributed by atoms with E-state index in [1.54, 1.807) is 0 Å². The van der Waals surface area contributed by atoms with Crippen molar-refractivity contribution in [3.05, 3.63) is 34.3 Å². The van der Waals surface area contributed by atoms with Crippen LogP contribution < -0.4 is 4.68 Å². The molecule has 0 aliphatic heterocycles. The van der Waals surface area contributed by atoms with Gasteiger partial charge in [0.25, 0.3) is 5.69 Å². The molecule has 1 heterocycles. The first-order valence-electron chi connectivity index (χ1n) is 3.91. The van der Waals surface area contributed by atoms with Crippen LogP contribution in [0, 0.1) is 16.1 Å². The summed E-state index contributed by atoms with van der Waals surface area (Å²) >= 11 is 0. The third-order valence-corrected chi connectivity index (χ3v) is 2.02. The Morgan fingerprint density at radius 2 is 2.29 bits per heavy atom. The Morgan fingerprint density at radius 1 is 1.57 bits per heavy atom. The zero-order valence-corrected chi connectivity index (χ0v) is 7.32. The van der Waals surface area contributed by atoms with Crippen LogP contribution >= 0.6 is 0 Å². The highest BCUT2D eigenvalue weighted by molar-refractivity contribution is 5.79. The summed E-state index contributed by atoms with van der Waals surface area (Å²) in [4.78, 5) is 9.88. The van der Waals surface area contributed by atoms with Crippen LogP contribution in [0.4, 0.5) is 10.1 Å². The molecule has 0 spiro atoms. The number of nitrogens with one attached hydrogen (secondary N) is 1. The van der Waals surface area contributed by atoms with E-state index in [4.69, 9.17) is 0 Å². The number of aromatic nitrogens is 2. The monoisotopic (exact) mass is 196 g/mol. The van der Waals surface area contributed by atoms with Gasteiger partial charge in [-0.2, -0.15) is 5.10 Å². The number of rotatable bonds is 1. The van der Waals surface area contributed by atoms with Crippen molar-refractivity contribution in [1.29, 1.82) is 0 Å². The molecular weight excluding hydrogens is 189 g/mol. The molecule has 0 amide bonds. The highest BCUT2D eigenvalue weighted by atomic mass is 19.1. The number of hydrogen-bond acceptors (Lipinski definition) is 2. The summed E-state index contributed by atoms with van der Waals surface area (Å²) in [6, 6.07) is 4.02. The molecule has 1 N–H and O–H groups in total. The molecule has 0 saturated carbocycles. The zero-order chi connectivity index (χ0) is 10.3. The summed E-state index contributed by atoms with van der Waals surface area (Å²) in [7, 11) is 1.50. The molecule has 0 atom stereocenters. The van der Waals surface area contributed by atoms with E-state index >= 15 is 0 Å². The van der Waals surface area contributed by atoms with Crippen molar-refractivity contribution < 1.29 is 14.0 Å². The topological polar surface area (TPSA) is 62.8 Å². The molecule has 72 valence electrons. The van der Waals surface area contributed by atoms with Crippen molar-refractivity contribution in [1.82, 2.24) is 5.10 Å². The minimum absolute atomic E-state index is 0.115. The number of nitro benzene ring substituents is 1. The molecule has 0 radical (unpaired) electrons. The average molecular weight is 196 g/mol. The molecule has 1 aromatic carbocycles. The van der Waals surface area contributed by atoms with Crippen LogP contribution in [0.15, 0.2) is 18.2 Å². The lowest BCUT2D eigenvalue weighted by Gasteiger charge is -1.88. The molecule has 0 saturated heterocycles. The second-order valence-corrected chi connectivity index (χ2v) is 2.95. The predicted octanol–water partition coefficient (Wildman–Crippen LogP) is 1.04. The van der Waals surface area contributed by atoms with Crippen molar-refractivity contribution in [2.45, 2.75) is 0 Å². The number of aryl methyl sites for hydroxylation is 1. The van der Waals surface area contributed by atoms with Gasteiger partial charge in [-0.25, -0.2) is 0 Å². The Kier molecular flexibility index (Phi) is 1.70. The second kappa shape index (κ2) is 2.76. The second-order valence-electron chi connectivity index (χ2n) is 2.95. The smallest absolute Gasteiger partial charge is 0.258 e. The quantitative estimate of drug-likeness (QED) is 0.420. The maximum Gasteiger partial charge on any atom is 0.392 e. The number of non-ortho nitro benzene ring substituents is 1. The van der Waals surface area contributed by atoms with E-state index in [2.05, 4.69) is 5.10 Å². The van der Waals surface area contributed by atoms with Crippen LogP contribution in [0.1, 0.15) is 0 Å². The molecule has 1 aromatic heterocycles. The Balaban J connectivity index is 2.76. The van der Waals surface area contributed by atoms with Crippen LogP contribution in [-0.4, -0.2) is 10.0 Å². The summed E-state index contributed by atoms with van der Waals surface area (Å²) in [6.07, 6.45) is 0. The molecule has 6 heteroatoms. The fourth-order valence-corrected chi connectivity index (χ4v) is 1.32. The van der Waals surface area contributed by atoms with Gasteiger partial charge in [-0.15, -0.1) is 4.39 Å².